The van der Waals surface area contributed by atoms with E-state index < -0.39 is 11.9 Å². The Bertz CT molecular complexity index is 477. The van der Waals surface area contributed by atoms with Crippen LogP contribution in [-0.2, 0) is 4.74 Å². The molecule has 1 aromatic carbocycles. The quantitative estimate of drug-likeness (QED) is 0.606. The van der Waals surface area contributed by atoms with E-state index in [1.807, 2.05) is 6.07 Å². The number of carbonyl (C=O) groups excluding carboxylic acids is 2. The van der Waals surface area contributed by atoms with Crippen LogP contribution >= 0.6 is 0 Å². The van der Waals surface area contributed by atoms with Gasteiger partial charge in [0.25, 0.3) is 5.91 Å². The summed E-state index contributed by atoms with van der Waals surface area (Å²) in [5, 5.41) is 4.98. The summed E-state index contributed by atoms with van der Waals surface area (Å²) in [6.45, 7) is 6.29. The molecule has 0 aromatic heterocycles. The second kappa shape index (κ2) is 12.5. The zero-order chi connectivity index (χ0) is 17.6. The second-order valence-corrected chi connectivity index (χ2v) is 5.92. The Kier molecular flexibility index (Phi) is 10.5. The van der Waals surface area contributed by atoms with Crippen molar-refractivity contribution < 1.29 is 14.3 Å². The number of hydrogen-bond donors (Lipinski definition) is 2. The van der Waals surface area contributed by atoms with Crippen LogP contribution in [-0.4, -0.2) is 31.7 Å². The Morgan fingerprint density at radius 1 is 1.12 bits per heavy atom. The fourth-order valence-corrected chi connectivity index (χ4v) is 2.33. The molecule has 134 valence electrons. The molecule has 24 heavy (non-hydrogen) atoms. The molecule has 0 aliphatic carbocycles. The van der Waals surface area contributed by atoms with Gasteiger partial charge in [-0.25, -0.2) is 4.79 Å². The van der Waals surface area contributed by atoms with E-state index in [0.717, 1.165) is 19.4 Å². The second-order valence-electron chi connectivity index (χ2n) is 5.92. The summed E-state index contributed by atoms with van der Waals surface area (Å²) in [5.41, 5.74) is 0.466. The Balaban J connectivity index is 2.08. The van der Waals surface area contributed by atoms with Crippen molar-refractivity contribution in [2.75, 3.05) is 19.8 Å². The SMILES string of the molecule is CCCCC(CC)COCCCNC(=O)NC(=O)c1ccccc1. The fourth-order valence-electron chi connectivity index (χ4n) is 2.33. The first-order chi connectivity index (χ1) is 11.7. The molecule has 5 nitrogen and oxygen atoms in total. The number of imide groups is 1. The minimum Gasteiger partial charge on any atom is -0.381 e. The topological polar surface area (TPSA) is 67.4 Å². The van der Waals surface area contributed by atoms with Crippen LogP contribution in [0, 0.1) is 5.92 Å². The minimum atomic E-state index is -0.474. The van der Waals surface area contributed by atoms with E-state index in [9.17, 15) is 9.59 Å². The maximum absolute atomic E-state index is 11.8. The number of amides is 3. The van der Waals surface area contributed by atoms with Gasteiger partial charge >= 0.3 is 6.03 Å². The molecule has 2 N–H and O–H groups in total. The normalized spacial score (nSPS) is 11.8. The summed E-state index contributed by atoms with van der Waals surface area (Å²) >= 11 is 0. The molecule has 1 unspecified atom stereocenters. The van der Waals surface area contributed by atoms with Crippen LogP contribution in [0.2, 0.25) is 0 Å². The summed E-state index contributed by atoms with van der Waals surface area (Å²) in [7, 11) is 0. The molecule has 1 atom stereocenters. The van der Waals surface area contributed by atoms with E-state index in [4.69, 9.17) is 4.74 Å². The van der Waals surface area contributed by atoms with Crippen molar-refractivity contribution in [1.29, 1.82) is 0 Å². The Labute approximate surface area is 145 Å². The van der Waals surface area contributed by atoms with Crippen LogP contribution in [0.4, 0.5) is 4.79 Å². The molecule has 1 aromatic rings. The summed E-state index contributed by atoms with van der Waals surface area (Å²) < 4.78 is 5.68. The first-order valence-corrected chi connectivity index (χ1v) is 8.89. The number of ether oxygens (including phenoxy) is 1. The van der Waals surface area contributed by atoms with Gasteiger partial charge in [0.1, 0.15) is 0 Å². The number of rotatable bonds is 11. The van der Waals surface area contributed by atoms with Crippen LogP contribution < -0.4 is 10.6 Å². The number of benzene rings is 1. The van der Waals surface area contributed by atoms with E-state index >= 15 is 0 Å². The highest BCUT2D eigenvalue weighted by atomic mass is 16.5. The van der Waals surface area contributed by atoms with Crippen LogP contribution in [0.5, 0.6) is 0 Å². The molecule has 0 aliphatic heterocycles. The molecular formula is C19H30N2O3. The number of carbonyl (C=O) groups is 2. The van der Waals surface area contributed by atoms with E-state index in [0.29, 0.717) is 24.6 Å². The molecule has 0 spiro atoms. The summed E-state index contributed by atoms with van der Waals surface area (Å²) in [5.74, 6) is 0.232. The summed E-state index contributed by atoms with van der Waals surface area (Å²) in [6, 6.07) is 8.20. The van der Waals surface area contributed by atoms with Crippen molar-refractivity contribution in [1.82, 2.24) is 10.6 Å². The molecule has 0 bridgehead atoms. The zero-order valence-electron chi connectivity index (χ0n) is 14.8. The number of hydrogen-bond acceptors (Lipinski definition) is 3. The van der Waals surface area contributed by atoms with Crippen molar-refractivity contribution in [3.8, 4) is 0 Å². The van der Waals surface area contributed by atoms with Gasteiger partial charge in [-0.2, -0.15) is 0 Å². The van der Waals surface area contributed by atoms with E-state index in [-0.39, 0.29) is 0 Å². The first-order valence-electron chi connectivity index (χ1n) is 8.89. The van der Waals surface area contributed by atoms with Gasteiger partial charge in [-0.15, -0.1) is 0 Å². The highest BCUT2D eigenvalue weighted by Gasteiger charge is 2.09. The standard InChI is InChI=1S/C19H30N2O3/c1-3-5-10-16(4-2)15-24-14-9-13-20-19(23)21-18(22)17-11-7-6-8-12-17/h6-8,11-12,16H,3-5,9-10,13-15H2,1-2H3,(H2,20,21,22,23). The Morgan fingerprint density at radius 3 is 2.54 bits per heavy atom. The average Bonchev–Trinajstić information content (AvgIpc) is 2.61. The highest BCUT2D eigenvalue weighted by molar-refractivity contribution is 6.04. The van der Waals surface area contributed by atoms with Gasteiger partial charge in [-0.3, -0.25) is 10.1 Å². The van der Waals surface area contributed by atoms with Crippen molar-refractivity contribution in [3.05, 3.63) is 35.9 Å². The molecule has 0 aliphatic rings. The lowest BCUT2D eigenvalue weighted by atomic mass is 10.0. The molecule has 0 saturated heterocycles. The Morgan fingerprint density at radius 2 is 1.88 bits per heavy atom. The predicted molar refractivity (Wildman–Crippen MR) is 96.0 cm³/mol. The van der Waals surface area contributed by atoms with Crippen molar-refractivity contribution in [3.63, 3.8) is 0 Å². The van der Waals surface area contributed by atoms with Gasteiger partial charge in [0.05, 0.1) is 0 Å². The van der Waals surface area contributed by atoms with Gasteiger partial charge < -0.3 is 10.1 Å². The average molecular weight is 334 g/mol. The lowest BCUT2D eigenvalue weighted by Crippen LogP contribution is -2.40. The molecule has 0 heterocycles. The lowest BCUT2D eigenvalue weighted by Gasteiger charge is -2.14. The van der Waals surface area contributed by atoms with Gasteiger partial charge in [0, 0.05) is 25.3 Å². The monoisotopic (exact) mass is 334 g/mol. The third-order valence-electron chi connectivity index (χ3n) is 3.91. The number of nitrogens with one attached hydrogen (secondary N) is 2. The van der Waals surface area contributed by atoms with Crippen LogP contribution in [0.1, 0.15) is 56.3 Å². The smallest absolute Gasteiger partial charge is 0.321 e. The van der Waals surface area contributed by atoms with E-state index in [2.05, 4.69) is 24.5 Å². The third-order valence-corrected chi connectivity index (χ3v) is 3.91. The number of unbranched alkanes of at least 4 members (excludes halogenated alkanes) is 1. The van der Waals surface area contributed by atoms with Crippen molar-refractivity contribution in [2.45, 2.75) is 46.0 Å². The largest absolute Gasteiger partial charge is 0.381 e. The number of urea groups is 1. The lowest BCUT2D eigenvalue weighted by molar-refractivity contribution is 0.0921. The molecule has 0 saturated carbocycles. The van der Waals surface area contributed by atoms with Crippen LogP contribution in [0.3, 0.4) is 0 Å². The zero-order valence-corrected chi connectivity index (χ0v) is 14.8. The Hall–Kier alpha value is -1.88. The van der Waals surface area contributed by atoms with E-state index in [1.54, 1.807) is 24.3 Å². The van der Waals surface area contributed by atoms with Gasteiger partial charge in [0.15, 0.2) is 0 Å². The minimum absolute atomic E-state index is 0.397. The predicted octanol–water partition coefficient (Wildman–Crippen LogP) is 3.75. The van der Waals surface area contributed by atoms with Crippen molar-refractivity contribution >= 4 is 11.9 Å². The van der Waals surface area contributed by atoms with Crippen LogP contribution in [0.25, 0.3) is 0 Å². The molecule has 3 amide bonds. The van der Waals surface area contributed by atoms with Crippen LogP contribution in [0.15, 0.2) is 30.3 Å². The van der Waals surface area contributed by atoms with E-state index in [1.165, 1.54) is 19.3 Å². The molecule has 0 fully saturated rings. The first kappa shape index (κ1) is 20.2. The maximum atomic E-state index is 11.8. The summed E-state index contributed by atoms with van der Waals surface area (Å²) in [4.78, 5) is 23.4. The molecular weight excluding hydrogens is 304 g/mol. The summed E-state index contributed by atoms with van der Waals surface area (Å²) in [6.07, 6.45) is 5.56. The molecule has 0 radical (unpaired) electrons. The van der Waals surface area contributed by atoms with Gasteiger partial charge in [-0.1, -0.05) is 51.3 Å². The third kappa shape index (κ3) is 8.67. The van der Waals surface area contributed by atoms with Crippen molar-refractivity contribution in [2.24, 2.45) is 5.92 Å². The van der Waals surface area contributed by atoms with Gasteiger partial charge in [0.2, 0.25) is 0 Å². The fraction of sp³-hybridized carbons (Fsp3) is 0.579. The highest BCUT2D eigenvalue weighted by Crippen LogP contribution is 2.12. The van der Waals surface area contributed by atoms with Gasteiger partial charge in [-0.05, 0) is 30.9 Å². The molecule has 1 rings (SSSR count). The maximum Gasteiger partial charge on any atom is 0.321 e. The molecule has 5 heteroatoms.